The molecule has 0 atom stereocenters. The van der Waals surface area contributed by atoms with E-state index >= 15 is 0 Å². The fourth-order valence-electron chi connectivity index (χ4n) is 1.52. The molecule has 110 valence electrons. The highest BCUT2D eigenvalue weighted by Gasteiger charge is 2.13. The zero-order chi connectivity index (χ0) is 15.6. The summed E-state index contributed by atoms with van der Waals surface area (Å²) in [5.74, 6) is -0.560. The van der Waals surface area contributed by atoms with E-state index in [-0.39, 0.29) is 17.0 Å². The maximum atomic E-state index is 11.7. The van der Waals surface area contributed by atoms with Crippen LogP contribution >= 0.6 is 11.3 Å². The Morgan fingerprint density at radius 1 is 1.52 bits per heavy atom. The Bertz CT molecular complexity index is 832. The van der Waals surface area contributed by atoms with Gasteiger partial charge < -0.3 is 5.11 Å². The molecule has 2 heterocycles. The van der Waals surface area contributed by atoms with E-state index in [2.05, 4.69) is 15.6 Å². The number of nitrogens with zero attached hydrogens (tertiary/aromatic N) is 3. The Kier molecular flexibility index (Phi) is 3.98. The fraction of sp³-hybridized carbons (Fsp3) is 0.182. The van der Waals surface area contributed by atoms with Crippen molar-refractivity contribution in [1.29, 1.82) is 0 Å². The lowest BCUT2D eigenvalue weighted by Gasteiger charge is -2.02. The van der Waals surface area contributed by atoms with Crippen LogP contribution in [0.1, 0.15) is 23.0 Å². The Balaban J connectivity index is 2.24. The van der Waals surface area contributed by atoms with E-state index in [1.165, 1.54) is 17.7 Å². The molecule has 2 aromatic heterocycles. The molecule has 0 saturated heterocycles. The molecule has 0 aromatic carbocycles. The highest BCUT2D eigenvalue weighted by molar-refractivity contribution is 7.11. The smallest absolute Gasteiger partial charge is 0.310 e. The van der Waals surface area contributed by atoms with Crippen molar-refractivity contribution >= 4 is 23.0 Å². The average Bonchev–Trinajstić information content (AvgIpc) is 2.81. The topological polar surface area (TPSA) is 129 Å². The van der Waals surface area contributed by atoms with Crippen LogP contribution in [0.3, 0.4) is 0 Å². The van der Waals surface area contributed by atoms with Crippen LogP contribution in [0, 0.1) is 0 Å². The van der Waals surface area contributed by atoms with Crippen molar-refractivity contribution in [2.45, 2.75) is 6.92 Å². The van der Waals surface area contributed by atoms with Gasteiger partial charge in [-0.3, -0.25) is 24.0 Å². The molecule has 0 radical (unpaired) electrons. The molecular weight excluding hydrogens is 298 g/mol. The molecule has 2 aromatic rings. The van der Waals surface area contributed by atoms with Gasteiger partial charge in [-0.2, -0.15) is 10.2 Å². The SMILES string of the molecule is C/C(=N\NC(=O)c1ccn(C)n1)c1c(O)sc(=O)[nH]c1=O. The van der Waals surface area contributed by atoms with Crippen LogP contribution in [-0.4, -0.2) is 31.5 Å². The minimum atomic E-state index is -0.774. The fourth-order valence-corrected chi connectivity index (χ4v) is 2.18. The summed E-state index contributed by atoms with van der Waals surface area (Å²) < 4.78 is 1.46. The molecule has 1 amide bonds. The van der Waals surface area contributed by atoms with Crippen LogP contribution in [0.5, 0.6) is 5.06 Å². The average molecular weight is 309 g/mol. The standard InChI is InChI=1S/C11H11N5O4S/c1-5(7-9(18)12-11(20)21-10(7)19)13-14-8(17)6-3-4-16(2)15-6/h3-4,19H,1-2H3,(H,14,17)(H,12,18,20)/b13-5+. The molecule has 0 aliphatic carbocycles. The molecule has 10 heteroatoms. The number of carbonyl (C=O) groups excluding carboxylic acids is 1. The molecule has 0 saturated carbocycles. The Hall–Kier alpha value is -2.75. The van der Waals surface area contributed by atoms with E-state index in [4.69, 9.17) is 0 Å². The molecule has 0 unspecified atom stereocenters. The molecule has 0 fully saturated rings. The van der Waals surface area contributed by atoms with Gasteiger partial charge in [-0.05, 0) is 24.3 Å². The zero-order valence-electron chi connectivity index (χ0n) is 11.1. The first kappa shape index (κ1) is 14.7. The van der Waals surface area contributed by atoms with E-state index < -0.39 is 21.4 Å². The maximum Gasteiger partial charge on any atom is 0.310 e. The minimum absolute atomic E-state index is 0.0641. The zero-order valence-corrected chi connectivity index (χ0v) is 11.9. The molecule has 21 heavy (non-hydrogen) atoms. The third kappa shape index (κ3) is 3.23. The summed E-state index contributed by atoms with van der Waals surface area (Å²) in [6.45, 7) is 1.42. The number of aromatic amines is 1. The minimum Gasteiger partial charge on any atom is -0.499 e. The molecule has 9 nitrogen and oxygen atoms in total. The second-order valence-electron chi connectivity index (χ2n) is 4.04. The first-order valence-corrected chi connectivity index (χ1v) is 6.51. The van der Waals surface area contributed by atoms with Gasteiger partial charge >= 0.3 is 4.87 Å². The highest BCUT2D eigenvalue weighted by Crippen LogP contribution is 2.14. The van der Waals surface area contributed by atoms with Crippen LogP contribution in [0.4, 0.5) is 0 Å². The quantitative estimate of drug-likeness (QED) is 0.514. The number of amides is 1. The number of H-pyrrole nitrogens is 1. The summed E-state index contributed by atoms with van der Waals surface area (Å²) in [7, 11) is 1.66. The van der Waals surface area contributed by atoms with Gasteiger partial charge in [-0.1, -0.05) is 0 Å². The number of rotatable bonds is 3. The summed E-state index contributed by atoms with van der Waals surface area (Å²) in [5, 5.41) is 16.8. The largest absolute Gasteiger partial charge is 0.499 e. The van der Waals surface area contributed by atoms with Crippen LogP contribution in [0.25, 0.3) is 0 Å². The summed E-state index contributed by atoms with van der Waals surface area (Å²) in [4.78, 5) is 35.7. The third-order valence-electron chi connectivity index (χ3n) is 2.48. The lowest BCUT2D eigenvalue weighted by atomic mass is 10.2. The van der Waals surface area contributed by atoms with Crippen molar-refractivity contribution in [3.05, 3.63) is 43.5 Å². The Morgan fingerprint density at radius 2 is 2.24 bits per heavy atom. The predicted molar refractivity (Wildman–Crippen MR) is 75.8 cm³/mol. The molecule has 2 rings (SSSR count). The summed E-state index contributed by atoms with van der Waals surface area (Å²) in [5.41, 5.74) is 1.50. The van der Waals surface area contributed by atoms with Crippen molar-refractivity contribution < 1.29 is 9.90 Å². The molecule has 3 N–H and O–H groups in total. The molecule has 0 aliphatic rings. The number of aromatic hydroxyl groups is 1. The highest BCUT2D eigenvalue weighted by atomic mass is 32.1. The molecule has 0 aliphatic heterocycles. The van der Waals surface area contributed by atoms with Crippen molar-refractivity contribution in [1.82, 2.24) is 20.2 Å². The van der Waals surface area contributed by atoms with E-state index in [9.17, 15) is 19.5 Å². The lowest BCUT2D eigenvalue weighted by molar-refractivity contribution is 0.0949. The number of carbonyl (C=O) groups is 1. The lowest BCUT2D eigenvalue weighted by Crippen LogP contribution is -2.25. The van der Waals surface area contributed by atoms with E-state index in [0.717, 1.165) is 0 Å². The molecule has 0 bridgehead atoms. The van der Waals surface area contributed by atoms with Gasteiger partial charge in [0, 0.05) is 13.2 Å². The summed E-state index contributed by atoms with van der Waals surface area (Å²) in [6, 6.07) is 1.50. The summed E-state index contributed by atoms with van der Waals surface area (Å²) >= 11 is 0.470. The number of hydrogen-bond acceptors (Lipinski definition) is 7. The maximum absolute atomic E-state index is 11.7. The number of hydrazone groups is 1. The van der Waals surface area contributed by atoms with Crippen molar-refractivity contribution in [2.75, 3.05) is 0 Å². The van der Waals surface area contributed by atoms with Crippen LogP contribution in [-0.2, 0) is 7.05 Å². The first-order valence-electron chi connectivity index (χ1n) is 5.69. The van der Waals surface area contributed by atoms with Gasteiger partial charge in [-0.15, -0.1) is 0 Å². The molecule has 0 spiro atoms. The van der Waals surface area contributed by atoms with E-state index in [1.807, 2.05) is 4.98 Å². The normalized spacial score (nSPS) is 11.4. The number of aromatic nitrogens is 3. The summed E-state index contributed by atoms with van der Waals surface area (Å²) in [6.07, 6.45) is 1.59. The van der Waals surface area contributed by atoms with Gasteiger partial charge in [0.1, 0.15) is 5.56 Å². The van der Waals surface area contributed by atoms with Crippen molar-refractivity contribution in [3.8, 4) is 5.06 Å². The van der Waals surface area contributed by atoms with Crippen molar-refractivity contribution in [2.24, 2.45) is 12.1 Å². The second kappa shape index (κ2) is 5.71. The van der Waals surface area contributed by atoms with Gasteiger partial charge in [0.25, 0.3) is 11.5 Å². The van der Waals surface area contributed by atoms with E-state index in [0.29, 0.717) is 11.3 Å². The number of hydrogen-bond donors (Lipinski definition) is 3. The van der Waals surface area contributed by atoms with Gasteiger partial charge in [0.2, 0.25) is 0 Å². The van der Waals surface area contributed by atoms with Gasteiger partial charge in [0.05, 0.1) is 5.71 Å². The monoisotopic (exact) mass is 309 g/mol. The predicted octanol–water partition coefficient (Wildman–Crippen LogP) is -0.610. The van der Waals surface area contributed by atoms with Gasteiger partial charge in [0.15, 0.2) is 10.8 Å². The van der Waals surface area contributed by atoms with Crippen molar-refractivity contribution in [3.63, 3.8) is 0 Å². The Morgan fingerprint density at radius 3 is 2.81 bits per heavy atom. The Labute approximate surface area is 121 Å². The van der Waals surface area contributed by atoms with Crippen LogP contribution in [0.2, 0.25) is 0 Å². The first-order chi connectivity index (χ1) is 9.88. The van der Waals surface area contributed by atoms with Gasteiger partial charge in [-0.25, -0.2) is 5.43 Å². The van der Waals surface area contributed by atoms with E-state index in [1.54, 1.807) is 13.2 Å². The van der Waals surface area contributed by atoms with Crippen LogP contribution in [0.15, 0.2) is 27.0 Å². The number of aryl methyl sites for hydroxylation is 1. The second-order valence-corrected chi connectivity index (χ2v) is 5.00. The third-order valence-corrected chi connectivity index (χ3v) is 3.16. The molecular formula is C11H11N5O4S. The van der Waals surface area contributed by atoms with Crippen LogP contribution < -0.4 is 15.9 Å². The number of nitrogens with one attached hydrogen (secondary N) is 2.